The lowest BCUT2D eigenvalue weighted by atomic mass is 9.99. The maximum Gasteiger partial charge on any atom is 0.328 e. The number of nitrogens with zero attached hydrogens (tertiary/aromatic N) is 1. The quantitative estimate of drug-likeness (QED) is 0.802. The van der Waals surface area contributed by atoms with Crippen molar-refractivity contribution in [1.82, 2.24) is 9.88 Å². The topological polar surface area (TPSA) is 60.3 Å². The first-order chi connectivity index (χ1) is 12.3. The molecule has 0 fully saturated rings. The molecule has 6 heteroatoms. The summed E-state index contributed by atoms with van der Waals surface area (Å²) in [6, 6.07) is 7.37. The summed E-state index contributed by atoms with van der Waals surface area (Å²) in [6.07, 6.45) is 0.717. The predicted molar refractivity (Wildman–Crippen MR) is 97.9 cm³/mol. The van der Waals surface area contributed by atoms with Crippen LogP contribution >= 0.6 is 0 Å². The summed E-state index contributed by atoms with van der Waals surface area (Å²) in [6.45, 7) is 7.38. The van der Waals surface area contributed by atoms with Crippen LogP contribution in [0.1, 0.15) is 42.0 Å². The molecule has 0 saturated heterocycles. The Morgan fingerprint density at radius 2 is 1.92 bits per heavy atom. The fourth-order valence-corrected chi connectivity index (χ4v) is 3.01. The fraction of sp³-hybridized carbons (Fsp3) is 0.400. The average molecular weight is 360 g/mol. The van der Waals surface area contributed by atoms with Gasteiger partial charge in [-0.2, -0.15) is 0 Å². The van der Waals surface area contributed by atoms with E-state index in [2.05, 4.69) is 5.32 Å². The molecule has 0 aliphatic heterocycles. The van der Waals surface area contributed by atoms with Gasteiger partial charge in [-0.25, -0.2) is 9.18 Å². The summed E-state index contributed by atoms with van der Waals surface area (Å²) < 4.78 is 20.7. The molecular weight excluding hydrogens is 335 g/mol. The minimum Gasteiger partial charge on any atom is -0.467 e. The highest BCUT2D eigenvalue weighted by molar-refractivity contribution is 5.98. The third-order valence-corrected chi connectivity index (χ3v) is 4.72. The molecule has 0 aliphatic rings. The zero-order chi connectivity index (χ0) is 19.4. The van der Waals surface area contributed by atoms with Gasteiger partial charge in [0.2, 0.25) is 0 Å². The molecular formula is C20H25FN2O3. The molecule has 0 spiro atoms. The van der Waals surface area contributed by atoms with Crippen LogP contribution in [0.2, 0.25) is 0 Å². The zero-order valence-corrected chi connectivity index (χ0v) is 15.8. The van der Waals surface area contributed by atoms with Crippen molar-refractivity contribution in [2.45, 2.75) is 40.2 Å². The molecule has 1 aromatic carbocycles. The summed E-state index contributed by atoms with van der Waals surface area (Å²) in [5.74, 6) is -1.29. The number of ether oxygens (including phenoxy) is 1. The lowest BCUT2D eigenvalue weighted by Crippen LogP contribution is -2.45. The molecule has 1 amide bonds. The van der Waals surface area contributed by atoms with Gasteiger partial charge in [0.05, 0.1) is 18.4 Å². The standard InChI is InChI=1S/C20H25FN2O3/c1-6-12(2)18(20(25)26-5)22-19(24)15-11-13(3)23(14(15)4)17-10-8-7-9-16(17)21/h7-12,18H,6H2,1-5H3,(H,22,24)/t12-,18-/m0/s1. The van der Waals surface area contributed by atoms with E-state index in [1.165, 1.54) is 13.2 Å². The van der Waals surface area contributed by atoms with Crippen molar-refractivity contribution in [1.29, 1.82) is 0 Å². The Kier molecular flexibility index (Phi) is 6.18. The molecule has 1 aromatic heterocycles. The van der Waals surface area contributed by atoms with Gasteiger partial charge in [0.15, 0.2) is 0 Å². The Bertz CT molecular complexity index is 813. The molecule has 0 saturated carbocycles. The lowest BCUT2D eigenvalue weighted by Gasteiger charge is -2.21. The smallest absolute Gasteiger partial charge is 0.328 e. The number of carbonyl (C=O) groups is 2. The molecule has 26 heavy (non-hydrogen) atoms. The molecule has 2 atom stereocenters. The molecule has 1 heterocycles. The van der Waals surface area contributed by atoms with Crippen LogP contribution in [0.25, 0.3) is 5.69 Å². The number of rotatable bonds is 6. The number of aryl methyl sites for hydroxylation is 1. The summed E-state index contributed by atoms with van der Waals surface area (Å²) >= 11 is 0. The molecule has 140 valence electrons. The van der Waals surface area contributed by atoms with Gasteiger partial charge in [-0.1, -0.05) is 32.4 Å². The monoisotopic (exact) mass is 360 g/mol. The minimum atomic E-state index is -0.728. The van der Waals surface area contributed by atoms with Crippen molar-refractivity contribution in [3.05, 3.63) is 53.1 Å². The van der Waals surface area contributed by atoms with E-state index in [-0.39, 0.29) is 17.6 Å². The number of para-hydroxylation sites is 1. The second-order valence-electron chi connectivity index (χ2n) is 6.43. The maximum absolute atomic E-state index is 14.2. The van der Waals surface area contributed by atoms with Crippen LogP contribution in [0.4, 0.5) is 4.39 Å². The van der Waals surface area contributed by atoms with Crippen LogP contribution in [0.3, 0.4) is 0 Å². The number of benzene rings is 1. The zero-order valence-electron chi connectivity index (χ0n) is 15.8. The van der Waals surface area contributed by atoms with Crippen LogP contribution in [-0.2, 0) is 9.53 Å². The van der Waals surface area contributed by atoms with Crippen molar-refractivity contribution in [3.8, 4) is 5.69 Å². The van der Waals surface area contributed by atoms with Crippen LogP contribution < -0.4 is 5.32 Å². The number of carbonyl (C=O) groups excluding carboxylic acids is 2. The molecule has 1 N–H and O–H groups in total. The Morgan fingerprint density at radius 3 is 2.50 bits per heavy atom. The van der Waals surface area contributed by atoms with Crippen molar-refractivity contribution in [2.75, 3.05) is 7.11 Å². The Hall–Kier alpha value is -2.63. The minimum absolute atomic E-state index is 0.0681. The van der Waals surface area contributed by atoms with E-state index >= 15 is 0 Å². The van der Waals surface area contributed by atoms with E-state index in [1.54, 1.807) is 35.8 Å². The number of amides is 1. The molecule has 0 unspecified atom stereocenters. The number of methoxy groups -OCH3 is 1. The van der Waals surface area contributed by atoms with Crippen LogP contribution in [0.15, 0.2) is 30.3 Å². The van der Waals surface area contributed by atoms with Gasteiger partial charge in [-0.3, -0.25) is 4.79 Å². The van der Waals surface area contributed by atoms with E-state index in [1.807, 2.05) is 20.8 Å². The number of hydrogen-bond donors (Lipinski definition) is 1. The number of halogens is 1. The van der Waals surface area contributed by atoms with E-state index in [0.29, 0.717) is 23.4 Å². The molecule has 0 radical (unpaired) electrons. The van der Waals surface area contributed by atoms with Gasteiger partial charge >= 0.3 is 5.97 Å². The van der Waals surface area contributed by atoms with Gasteiger partial charge in [-0.05, 0) is 38.0 Å². The van der Waals surface area contributed by atoms with Gasteiger partial charge < -0.3 is 14.6 Å². The highest BCUT2D eigenvalue weighted by Gasteiger charge is 2.28. The Morgan fingerprint density at radius 1 is 1.27 bits per heavy atom. The first kappa shape index (κ1) is 19.7. The molecule has 0 aliphatic carbocycles. The van der Waals surface area contributed by atoms with Crippen LogP contribution in [0, 0.1) is 25.6 Å². The average Bonchev–Trinajstić information content (AvgIpc) is 2.93. The van der Waals surface area contributed by atoms with Crippen molar-refractivity contribution in [3.63, 3.8) is 0 Å². The highest BCUT2D eigenvalue weighted by Crippen LogP contribution is 2.23. The Balaban J connectivity index is 2.38. The number of aromatic nitrogens is 1. The molecule has 5 nitrogen and oxygen atoms in total. The molecule has 0 bridgehead atoms. The third-order valence-electron chi connectivity index (χ3n) is 4.72. The van der Waals surface area contributed by atoms with Crippen LogP contribution in [-0.4, -0.2) is 29.6 Å². The summed E-state index contributed by atoms with van der Waals surface area (Å²) in [5, 5.41) is 2.76. The second-order valence-corrected chi connectivity index (χ2v) is 6.43. The normalized spacial score (nSPS) is 13.2. The van der Waals surface area contributed by atoms with Gasteiger partial charge in [0.25, 0.3) is 5.91 Å². The maximum atomic E-state index is 14.2. The summed E-state index contributed by atoms with van der Waals surface area (Å²) in [5.41, 5.74) is 2.13. The SMILES string of the molecule is CC[C@H](C)[C@H](NC(=O)c1cc(C)n(-c2ccccc2F)c1C)C(=O)OC. The van der Waals surface area contributed by atoms with Gasteiger partial charge in [0.1, 0.15) is 11.9 Å². The number of esters is 1. The summed E-state index contributed by atoms with van der Waals surface area (Å²) in [4.78, 5) is 24.8. The number of hydrogen-bond acceptors (Lipinski definition) is 3. The molecule has 2 aromatic rings. The van der Waals surface area contributed by atoms with Crippen molar-refractivity contribution < 1.29 is 18.7 Å². The van der Waals surface area contributed by atoms with Gasteiger partial charge in [-0.15, -0.1) is 0 Å². The first-order valence-electron chi connectivity index (χ1n) is 8.64. The fourth-order valence-electron chi connectivity index (χ4n) is 3.01. The van der Waals surface area contributed by atoms with Crippen molar-refractivity contribution in [2.24, 2.45) is 5.92 Å². The first-order valence-corrected chi connectivity index (χ1v) is 8.64. The number of nitrogens with one attached hydrogen (secondary N) is 1. The van der Waals surface area contributed by atoms with E-state index in [4.69, 9.17) is 4.74 Å². The molecule has 2 rings (SSSR count). The van der Waals surface area contributed by atoms with Gasteiger partial charge in [0, 0.05) is 11.4 Å². The second kappa shape index (κ2) is 8.17. The Labute approximate surface area is 153 Å². The van der Waals surface area contributed by atoms with E-state index in [9.17, 15) is 14.0 Å². The lowest BCUT2D eigenvalue weighted by molar-refractivity contribution is -0.144. The predicted octanol–water partition coefficient (Wildman–Crippen LogP) is 3.55. The van der Waals surface area contributed by atoms with E-state index in [0.717, 1.165) is 5.69 Å². The highest BCUT2D eigenvalue weighted by atomic mass is 19.1. The van der Waals surface area contributed by atoms with Crippen LogP contribution in [0.5, 0.6) is 0 Å². The largest absolute Gasteiger partial charge is 0.467 e. The van der Waals surface area contributed by atoms with E-state index < -0.39 is 12.0 Å². The third kappa shape index (κ3) is 3.79. The summed E-state index contributed by atoms with van der Waals surface area (Å²) in [7, 11) is 1.30. The van der Waals surface area contributed by atoms with Crippen molar-refractivity contribution >= 4 is 11.9 Å².